The molecule has 2 N–H and O–H groups in total. The number of halogens is 6. The van der Waals surface area contributed by atoms with Gasteiger partial charge in [0.2, 0.25) is 0 Å². The Morgan fingerprint density at radius 2 is 1.89 bits per heavy atom. The number of carbonyl (C=O) groups excluding carboxylic acids is 1. The molecule has 0 spiro atoms. The average molecular weight is 333 g/mol. The third kappa shape index (κ3) is 4.47. The molecule has 3 nitrogen and oxygen atoms in total. The van der Waals surface area contributed by atoms with Gasteiger partial charge in [0, 0.05) is 10.5 Å². The molecule has 0 aliphatic heterocycles. The van der Waals surface area contributed by atoms with Crippen LogP contribution in [0.25, 0.3) is 0 Å². The first-order valence-electron chi connectivity index (χ1n) is 4.45. The molecule has 1 rings (SSSR count). The van der Waals surface area contributed by atoms with Crippen LogP contribution < -0.4 is 10.6 Å². The van der Waals surface area contributed by atoms with Gasteiger partial charge in [0.25, 0.3) is 0 Å². The van der Waals surface area contributed by atoms with Crippen LogP contribution in [0.3, 0.4) is 0 Å². The van der Waals surface area contributed by atoms with Gasteiger partial charge in [-0.15, -0.1) is 0 Å². The summed E-state index contributed by atoms with van der Waals surface area (Å²) in [6.45, 7) is -1.56. The number of carbonyl (C=O) groups is 1. The molecule has 0 atom stereocenters. The average Bonchev–Trinajstić information content (AvgIpc) is 2.19. The first kappa shape index (κ1) is 14.7. The van der Waals surface area contributed by atoms with E-state index < -0.39 is 36.1 Å². The SMILES string of the molecule is O=C(NCC(F)(F)F)Nc1c(F)cc(F)cc1Br. The summed E-state index contributed by atoms with van der Waals surface area (Å²) < 4.78 is 61.2. The van der Waals surface area contributed by atoms with Gasteiger partial charge in [-0.1, -0.05) is 0 Å². The largest absolute Gasteiger partial charge is 0.405 e. The lowest BCUT2D eigenvalue weighted by molar-refractivity contribution is -0.122. The predicted octanol–water partition coefficient (Wildman–Crippen LogP) is 3.41. The molecule has 0 radical (unpaired) electrons. The smallest absolute Gasteiger partial charge is 0.329 e. The maximum absolute atomic E-state index is 13.2. The molecular formula is C9H6BrF5N2O. The summed E-state index contributed by atoms with van der Waals surface area (Å²) in [5, 5.41) is 3.32. The molecule has 0 heterocycles. The van der Waals surface area contributed by atoms with Gasteiger partial charge < -0.3 is 10.6 Å². The Morgan fingerprint density at radius 3 is 2.39 bits per heavy atom. The van der Waals surface area contributed by atoms with Crippen LogP contribution in [0.1, 0.15) is 0 Å². The van der Waals surface area contributed by atoms with Crippen molar-refractivity contribution >= 4 is 27.6 Å². The minimum absolute atomic E-state index is 0.123. The van der Waals surface area contributed by atoms with Crippen molar-refractivity contribution in [3.8, 4) is 0 Å². The quantitative estimate of drug-likeness (QED) is 0.800. The number of rotatable bonds is 2. The zero-order valence-electron chi connectivity index (χ0n) is 8.54. The molecule has 1 aromatic carbocycles. The maximum atomic E-state index is 13.2. The minimum Gasteiger partial charge on any atom is -0.329 e. The van der Waals surface area contributed by atoms with E-state index in [1.165, 1.54) is 5.32 Å². The van der Waals surface area contributed by atoms with Crippen LogP contribution >= 0.6 is 15.9 Å². The van der Waals surface area contributed by atoms with E-state index in [0.717, 1.165) is 6.07 Å². The summed E-state index contributed by atoms with van der Waals surface area (Å²) in [6, 6.07) is 0.102. The Bertz CT molecular complexity index is 440. The van der Waals surface area contributed by atoms with Crippen LogP contribution in [0, 0.1) is 11.6 Å². The molecule has 1 aromatic rings. The van der Waals surface area contributed by atoms with E-state index in [0.29, 0.717) is 6.07 Å². The van der Waals surface area contributed by atoms with Crippen molar-refractivity contribution in [1.82, 2.24) is 5.32 Å². The van der Waals surface area contributed by atoms with Crippen molar-refractivity contribution < 1.29 is 26.7 Å². The van der Waals surface area contributed by atoms with Crippen molar-refractivity contribution in [1.29, 1.82) is 0 Å². The number of hydrogen-bond donors (Lipinski definition) is 2. The van der Waals surface area contributed by atoms with Crippen LogP contribution in [0.5, 0.6) is 0 Å². The Labute approximate surface area is 106 Å². The molecule has 9 heteroatoms. The Balaban J connectivity index is 2.71. The van der Waals surface area contributed by atoms with Gasteiger partial charge >= 0.3 is 12.2 Å². The molecule has 2 amide bonds. The molecule has 0 bridgehead atoms. The highest BCUT2D eigenvalue weighted by atomic mass is 79.9. The third-order valence-electron chi connectivity index (χ3n) is 1.69. The van der Waals surface area contributed by atoms with Crippen molar-refractivity contribution in [3.63, 3.8) is 0 Å². The maximum Gasteiger partial charge on any atom is 0.405 e. The summed E-state index contributed by atoms with van der Waals surface area (Å²) >= 11 is 2.77. The lowest BCUT2D eigenvalue weighted by Crippen LogP contribution is -2.36. The van der Waals surface area contributed by atoms with Crippen LogP contribution in [0.4, 0.5) is 32.4 Å². The number of benzene rings is 1. The molecule has 100 valence electrons. The molecule has 18 heavy (non-hydrogen) atoms. The van der Waals surface area contributed by atoms with Crippen LogP contribution in [-0.4, -0.2) is 18.8 Å². The summed E-state index contributed by atoms with van der Waals surface area (Å²) in [5.41, 5.74) is -0.448. The standard InChI is InChI=1S/C9H6BrF5N2O/c10-5-1-4(11)2-6(12)7(5)17-8(18)16-3-9(13,14)15/h1-2H,3H2,(H2,16,17,18). The highest BCUT2D eigenvalue weighted by molar-refractivity contribution is 9.10. The Kier molecular flexibility index (Phi) is 4.49. The van der Waals surface area contributed by atoms with E-state index in [1.807, 2.05) is 5.32 Å². The molecule has 0 fully saturated rings. The van der Waals surface area contributed by atoms with Gasteiger partial charge in [-0.05, 0) is 22.0 Å². The summed E-state index contributed by atoms with van der Waals surface area (Å²) in [6.07, 6.45) is -4.57. The first-order chi connectivity index (χ1) is 8.19. The fourth-order valence-corrected chi connectivity index (χ4v) is 1.51. The minimum atomic E-state index is -4.57. The zero-order chi connectivity index (χ0) is 13.9. The van der Waals surface area contributed by atoms with Crippen LogP contribution in [0.15, 0.2) is 16.6 Å². The van der Waals surface area contributed by atoms with E-state index in [2.05, 4.69) is 15.9 Å². The summed E-state index contributed by atoms with van der Waals surface area (Å²) in [4.78, 5) is 11.0. The van der Waals surface area contributed by atoms with Crippen LogP contribution in [-0.2, 0) is 0 Å². The van der Waals surface area contributed by atoms with Gasteiger partial charge in [-0.25, -0.2) is 13.6 Å². The Morgan fingerprint density at radius 1 is 1.28 bits per heavy atom. The monoisotopic (exact) mass is 332 g/mol. The van der Waals surface area contributed by atoms with Gasteiger partial charge in [-0.3, -0.25) is 0 Å². The van der Waals surface area contributed by atoms with Crippen molar-refractivity contribution in [2.45, 2.75) is 6.18 Å². The number of anilines is 1. The molecular weight excluding hydrogens is 327 g/mol. The first-order valence-corrected chi connectivity index (χ1v) is 5.24. The van der Waals surface area contributed by atoms with Crippen molar-refractivity contribution in [2.75, 3.05) is 11.9 Å². The number of alkyl halides is 3. The number of urea groups is 1. The van der Waals surface area contributed by atoms with Gasteiger partial charge in [0.1, 0.15) is 12.4 Å². The topological polar surface area (TPSA) is 41.1 Å². The number of hydrogen-bond acceptors (Lipinski definition) is 1. The Hall–Kier alpha value is -1.38. The predicted molar refractivity (Wildman–Crippen MR) is 57.1 cm³/mol. The van der Waals surface area contributed by atoms with Gasteiger partial charge in [0.05, 0.1) is 5.69 Å². The molecule has 0 saturated carbocycles. The highest BCUT2D eigenvalue weighted by Crippen LogP contribution is 2.26. The molecule has 0 aliphatic carbocycles. The van der Waals surface area contributed by atoms with E-state index in [-0.39, 0.29) is 4.47 Å². The molecule has 0 aromatic heterocycles. The lowest BCUT2D eigenvalue weighted by atomic mass is 10.3. The van der Waals surface area contributed by atoms with Crippen LogP contribution in [0.2, 0.25) is 0 Å². The number of amides is 2. The normalized spacial score (nSPS) is 11.2. The molecule has 0 unspecified atom stereocenters. The zero-order valence-corrected chi connectivity index (χ0v) is 10.1. The van der Waals surface area contributed by atoms with E-state index >= 15 is 0 Å². The van der Waals surface area contributed by atoms with E-state index in [1.54, 1.807) is 0 Å². The second kappa shape index (κ2) is 5.51. The summed E-state index contributed by atoms with van der Waals surface area (Å²) in [5.74, 6) is -2.00. The second-order valence-corrected chi connectivity index (χ2v) is 4.02. The van der Waals surface area contributed by atoms with Gasteiger partial charge in [-0.2, -0.15) is 13.2 Å². The van der Waals surface area contributed by atoms with Crippen molar-refractivity contribution in [2.24, 2.45) is 0 Å². The third-order valence-corrected chi connectivity index (χ3v) is 2.32. The lowest BCUT2D eigenvalue weighted by Gasteiger charge is -2.11. The second-order valence-electron chi connectivity index (χ2n) is 3.17. The highest BCUT2D eigenvalue weighted by Gasteiger charge is 2.28. The fourth-order valence-electron chi connectivity index (χ4n) is 1.000. The van der Waals surface area contributed by atoms with Crippen molar-refractivity contribution in [3.05, 3.63) is 28.2 Å². The summed E-state index contributed by atoms with van der Waals surface area (Å²) in [7, 11) is 0. The van der Waals surface area contributed by atoms with E-state index in [9.17, 15) is 26.7 Å². The van der Waals surface area contributed by atoms with Gasteiger partial charge in [0.15, 0.2) is 5.82 Å². The molecule has 0 saturated heterocycles. The fraction of sp³-hybridized carbons (Fsp3) is 0.222. The molecule has 0 aliphatic rings. The number of nitrogens with one attached hydrogen (secondary N) is 2. The van der Waals surface area contributed by atoms with E-state index in [4.69, 9.17) is 0 Å².